The van der Waals surface area contributed by atoms with Crippen molar-refractivity contribution in [2.45, 2.75) is 11.8 Å². The number of aldehydes is 1. The van der Waals surface area contributed by atoms with E-state index in [-0.39, 0.29) is 16.4 Å². The van der Waals surface area contributed by atoms with Gasteiger partial charge in [-0.15, -0.1) is 0 Å². The van der Waals surface area contributed by atoms with E-state index in [1.807, 2.05) is 19.1 Å². The third-order valence-electron chi connectivity index (χ3n) is 4.98. The molecule has 2 N–H and O–H groups in total. The number of hydrogen-bond acceptors (Lipinski definition) is 7. The lowest BCUT2D eigenvalue weighted by Crippen LogP contribution is -2.14. The zero-order chi connectivity index (χ0) is 24.3. The molecular formula is C24H20ClN3O5S. The van der Waals surface area contributed by atoms with E-state index in [0.717, 1.165) is 5.56 Å². The Morgan fingerprint density at radius 1 is 1.09 bits per heavy atom. The first-order chi connectivity index (χ1) is 16.3. The summed E-state index contributed by atoms with van der Waals surface area (Å²) >= 11 is 5.98. The minimum Gasteiger partial charge on any atom is -0.495 e. The van der Waals surface area contributed by atoms with Gasteiger partial charge in [0, 0.05) is 11.2 Å². The van der Waals surface area contributed by atoms with Gasteiger partial charge < -0.3 is 14.5 Å². The number of oxazole rings is 1. The van der Waals surface area contributed by atoms with Gasteiger partial charge in [0.2, 0.25) is 5.89 Å². The zero-order valence-corrected chi connectivity index (χ0v) is 19.8. The SMILES string of the molecule is COc1ccc(S(=O)(=O)Nc2ccccc2C)cc1N/C=C(\C=O)c1nc2cc(Cl)ccc2o1. The fraction of sp³-hybridized carbons (Fsp3) is 0.0833. The summed E-state index contributed by atoms with van der Waals surface area (Å²) in [6, 6.07) is 16.4. The molecule has 10 heteroatoms. The Kier molecular flexibility index (Phi) is 6.58. The molecule has 0 aliphatic carbocycles. The molecule has 3 aromatic carbocycles. The number of rotatable bonds is 8. The van der Waals surface area contributed by atoms with Gasteiger partial charge >= 0.3 is 0 Å². The summed E-state index contributed by atoms with van der Waals surface area (Å²) in [5.74, 6) is 0.462. The summed E-state index contributed by atoms with van der Waals surface area (Å²) < 4.78 is 39.5. The van der Waals surface area contributed by atoms with Gasteiger partial charge in [0.25, 0.3) is 10.0 Å². The van der Waals surface area contributed by atoms with Crippen molar-refractivity contribution in [1.82, 2.24) is 4.98 Å². The minimum atomic E-state index is -3.88. The second-order valence-electron chi connectivity index (χ2n) is 7.28. The number of hydrogen-bond donors (Lipinski definition) is 2. The first-order valence-corrected chi connectivity index (χ1v) is 11.9. The number of carbonyl (C=O) groups excluding carboxylic acids is 1. The monoisotopic (exact) mass is 497 g/mol. The topological polar surface area (TPSA) is 111 Å². The summed E-state index contributed by atoms with van der Waals surface area (Å²) in [6.45, 7) is 1.81. The lowest BCUT2D eigenvalue weighted by Gasteiger charge is -2.13. The third kappa shape index (κ3) is 4.90. The average Bonchev–Trinajstić information content (AvgIpc) is 3.23. The first-order valence-electron chi connectivity index (χ1n) is 10.1. The normalized spacial score (nSPS) is 11.9. The van der Waals surface area contributed by atoms with Crippen molar-refractivity contribution < 1.29 is 22.4 Å². The van der Waals surface area contributed by atoms with E-state index < -0.39 is 10.0 Å². The van der Waals surface area contributed by atoms with Crippen molar-refractivity contribution in [2.24, 2.45) is 0 Å². The molecule has 0 bridgehead atoms. The van der Waals surface area contributed by atoms with Crippen LogP contribution in [0.25, 0.3) is 16.7 Å². The lowest BCUT2D eigenvalue weighted by atomic mass is 10.2. The molecule has 0 amide bonds. The largest absolute Gasteiger partial charge is 0.495 e. The predicted octanol–water partition coefficient (Wildman–Crippen LogP) is 5.25. The number of methoxy groups -OCH3 is 1. The maximum absolute atomic E-state index is 13.0. The van der Waals surface area contributed by atoms with Crippen LogP contribution in [0.3, 0.4) is 0 Å². The summed E-state index contributed by atoms with van der Waals surface area (Å²) in [6.07, 6.45) is 1.94. The molecule has 0 spiro atoms. The van der Waals surface area contributed by atoms with E-state index in [9.17, 15) is 13.2 Å². The molecule has 0 saturated heterocycles. The maximum atomic E-state index is 13.0. The van der Waals surface area contributed by atoms with Gasteiger partial charge in [0.1, 0.15) is 11.3 Å². The van der Waals surface area contributed by atoms with Gasteiger partial charge in [-0.3, -0.25) is 9.52 Å². The number of ether oxygens (including phenoxy) is 1. The van der Waals surface area contributed by atoms with E-state index >= 15 is 0 Å². The van der Waals surface area contributed by atoms with Crippen LogP contribution >= 0.6 is 11.6 Å². The molecule has 0 aliphatic rings. The van der Waals surface area contributed by atoms with Crippen LogP contribution in [0, 0.1) is 6.92 Å². The Bertz CT molecular complexity index is 1510. The van der Waals surface area contributed by atoms with Gasteiger partial charge in [-0.1, -0.05) is 29.8 Å². The highest BCUT2D eigenvalue weighted by Gasteiger charge is 2.18. The number of halogens is 1. The van der Waals surface area contributed by atoms with E-state index in [1.54, 1.807) is 30.3 Å². The number of nitrogens with one attached hydrogen (secondary N) is 2. The van der Waals surface area contributed by atoms with Crippen LogP contribution in [0.5, 0.6) is 5.75 Å². The van der Waals surface area contributed by atoms with Crippen LogP contribution < -0.4 is 14.8 Å². The number of allylic oxidation sites excluding steroid dienone is 1. The molecule has 0 saturated carbocycles. The van der Waals surface area contributed by atoms with E-state index in [2.05, 4.69) is 15.0 Å². The molecule has 0 unspecified atom stereocenters. The summed E-state index contributed by atoms with van der Waals surface area (Å²) in [4.78, 5) is 16.0. The highest BCUT2D eigenvalue weighted by Crippen LogP contribution is 2.30. The molecule has 174 valence electrons. The van der Waals surface area contributed by atoms with Crippen LogP contribution in [-0.4, -0.2) is 26.8 Å². The number of fused-ring (bicyclic) bond motifs is 1. The molecule has 0 atom stereocenters. The maximum Gasteiger partial charge on any atom is 0.261 e. The second-order valence-corrected chi connectivity index (χ2v) is 9.39. The molecule has 1 aromatic heterocycles. The number of aryl methyl sites for hydroxylation is 1. The molecule has 4 rings (SSSR count). The Balaban J connectivity index is 1.65. The zero-order valence-electron chi connectivity index (χ0n) is 18.2. The van der Waals surface area contributed by atoms with Gasteiger partial charge in [-0.2, -0.15) is 0 Å². The lowest BCUT2D eigenvalue weighted by molar-refractivity contribution is -0.103. The molecular weight excluding hydrogens is 478 g/mol. The molecule has 0 fully saturated rings. The number of benzene rings is 3. The van der Waals surface area contributed by atoms with Gasteiger partial charge in [-0.25, -0.2) is 13.4 Å². The summed E-state index contributed by atoms with van der Waals surface area (Å²) in [7, 11) is -2.43. The highest BCUT2D eigenvalue weighted by molar-refractivity contribution is 7.92. The van der Waals surface area contributed by atoms with Crippen molar-refractivity contribution in [3.63, 3.8) is 0 Å². The Morgan fingerprint density at radius 2 is 1.88 bits per heavy atom. The smallest absolute Gasteiger partial charge is 0.261 e. The van der Waals surface area contributed by atoms with Gasteiger partial charge in [0.05, 0.1) is 29.0 Å². The molecule has 1 heterocycles. The molecule has 8 nitrogen and oxygen atoms in total. The summed E-state index contributed by atoms with van der Waals surface area (Å²) in [5, 5.41) is 3.41. The Labute approximate surface area is 201 Å². The molecule has 4 aromatic rings. The number of aromatic nitrogens is 1. The fourth-order valence-electron chi connectivity index (χ4n) is 3.18. The number of carbonyl (C=O) groups is 1. The third-order valence-corrected chi connectivity index (χ3v) is 6.58. The predicted molar refractivity (Wildman–Crippen MR) is 132 cm³/mol. The Hall–Kier alpha value is -3.82. The number of anilines is 2. The van der Waals surface area contributed by atoms with Crippen LogP contribution in [0.1, 0.15) is 11.5 Å². The summed E-state index contributed by atoms with van der Waals surface area (Å²) in [5.41, 5.74) is 2.68. The fourth-order valence-corrected chi connectivity index (χ4v) is 4.51. The number of para-hydroxylation sites is 1. The van der Waals surface area contributed by atoms with Crippen LogP contribution in [0.4, 0.5) is 11.4 Å². The average molecular weight is 498 g/mol. The standard InChI is InChI=1S/C24H20ClN3O5S/c1-15-5-3-4-6-19(15)28-34(30,31)18-8-10-22(32-2)20(12-18)26-13-16(14-29)24-27-21-11-17(25)7-9-23(21)33-24/h3-14,26,28H,1-2H3/b16-13+. The van der Waals surface area contributed by atoms with Crippen LogP contribution in [0.2, 0.25) is 5.02 Å². The van der Waals surface area contributed by atoms with E-state index in [1.165, 1.54) is 31.5 Å². The van der Waals surface area contributed by atoms with Crippen molar-refractivity contribution in [3.8, 4) is 5.75 Å². The van der Waals surface area contributed by atoms with E-state index in [4.69, 9.17) is 20.8 Å². The quantitative estimate of drug-likeness (QED) is 0.252. The molecule has 0 radical (unpaired) electrons. The second kappa shape index (κ2) is 9.58. The highest BCUT2D eigenvalue weighted by atomic mass is 35.5. The molecule has 34 heavy (non-hydrogen) atoms. The molecule has 0 aliphatic heterocycles. The van der Waals surface area contributed by atoms with Gasteiger partial charge in [0.15, 0.2) is 11.9 Å². The minimum absolute atomic E-state index is 0.0108. The first kappa shape index (κ1) is 23.3. The van der Waals surface area contributed by atoms with Crippen molar-refractivity contribution in [2.75, 3.05) is 17.1 Å². The number of nitrogens with zero attached hydrogens (tertiary/aromatic N) is 1. The van der Waals surface area contributed by atoms with Crippen molar-refractivity contribution >= 4 is 56.0 Å². The van der Waals surface area contributed by atoms with Gasteiger partial charge in [-0.05, 0) is 55.0 Å². The van der Waals surface area contributed by atoms with E-state index in [0.29, 0.717) is 39.5 Å². The van der Waals surface area contributed by atoms with Crippen molar-refractivity contribution in [1.29, 1.82) is 0 Å². The van der Waals surface area contributed by atoms with Crippen LogP contribution in [0.15, 0.2) is 76.2 Å². The van der Waals surface area contributed by atoms with Crippen molar-refractivity contribution in [3.05, 3.63) is 83.3 Å². The van der Waals surface area contributed by atoms with Crippen LogP contribution in [-0.2, 0) is 14.8 Å². The Morgan fingerprint density at radius 3 is 2.62 bits per heavy atom. The number of sulfonamides is 1.